The van der Waals surface area contributed by atoms with Crippen LogP contribution in [0.5, 0.6) is 11.5 Å². The van der Waals surface area contributed by atoms with Crippen LogP contribution < -0.4 is 14.4 Å². The molecule has 3 aromatic carbocycles. The Hall–Kier alpha value is -3.77. The van der Waals surface area contributed by atoms with E-state index in [1.54, 1.807) is 66.7 Å². The molecule has 33 heavy (non-hydrogen) atoms. The number of hydrogen-bond donors (Lipinski definition) is 1. The van der Waals surface area contributed by atoms with Crippen LogP contribution in [0.4, 0.5) is 5.69 Å². The highest BCUT2D eigenvalue weighted by Crippen LogP contribution is 2.46. The highest BCUT2D eigenvalue weighted by atomic mass is 35.5. The molecule has 1 aliphatic heterocycles. The number of aryl methyl sites for hydroxylation is 1. The Kier molecular flexibility index (Phi) is 6.11. The van der Waals surface area contributed by atoms with Gasteiger partial charge in [0.25, 0.3) is 11.7 Å². The Bertz CT molecular complexity index is 1270. The maximum absolute atomic E-state index is 13.3. The summed E-state index contributed by atoms with van der Waals surface area (Å²) in [5, 5.41) is 11.6. The number of ether oxygens (including phenoxy) is 2. The zero-order valence-electron chi connectivity index (χ0n) is 18.3. The monoisotopic (exact) mass is 463 g/mol. The second-order valence-corrected chi connectivity index (χ2v) is 7.98. The van der Waals surface area contributed by atoms with Gasteiger partial charge >= 0.3 is 0 Å². The van der Waals surface area contributed by atoms with Crippen molar-refractivity contribution in [2.75, 3.05) is 19.1 Å². The van der Waals surface area contributed by atoms with Crippen LogP contribution >= 0.6 is 11.6 Å². The van der Waals surface area contributed by atoms with Crippen molar-refractivity contribution in [3.63, 3.8) is 0 Å². The minimum atomic E-state index is -0.940. The number of benzene rings is 3. The lowest BCUT2D eigenvalue weighted by Crippen LogP contribution is -2.29. The van der Waals surface area contributed by atoms with Gasteiger partial charge in [-0.1, -0.05) is 48.0 Å². The molecule has 6 nitrogen and oxygen atoms in total. The largest absolute Gasteiger partial charge is 0.507 e. The van der Waals surface area contributed by atoms with Crippen LogP contribution in [-0.4, -0.2) is 31.0 Å². The molecule has 7 heteroatoms. The molecule has 0 bridgehead atoms. The quantitative estimate of drug-likeness (QED) is 0.316. The van der Waals surface area contributed by atoms with Gasteiger partial charge in [-0.3, -0.25) is 14.5 Å². The molecule has 0 spiro atoms. The van der Waals surface area contributed by atoms with E-state index in [-0.39, 0.29) is 11.3 Å². The summed E-state index contributed by atoms with van der Waals surface area (Å²) in [7, 11) is 3.02. The second-order valence-electron chi connectivity index (χ2n) is 7.58. The van der Waals surface area contributed by atoms with Crippen molar-refractivity contribution in [3.8, 4) is 11.5 Å². The molecule has 1 amide bonds. The lowest BCUT2D eigenvalue weighted by Gasteiger charge is -2.27. The minimum absolute atomic E-state index is 0.0358. The number of aliphatic hydroxyl groups is 1. The minimum Gasteiger partial charge on any atom is -0.507 e. The van der Waals surface area contributed by atoms with E-state index >= 15 is 0 Å². The van der Waals surface area contributed by atoms with E-state index in [9.17, 15) is 14.7 Å². The number of methoxy groups -OCH3 is 2. The van der Waals surface area contributed by atoms with Crippen LogP contribution in [0, 0.1) is 6.92 Å². The van der Waals surface area contributed by atoms with Crippen molar-refractivity contribution in [2.24, 2.45) is 0 Å². The van der Waals surface area contributed by atoms with Gasteiger partial charge in [-0.15, -0.1) is 0 Å². The first-order valence-corrected chi connectivity index (χ1v) is 10.6. The van der Waals surface area contributed by atoms with Crippen LogP contribution in [0.15, 0.2) is 72.3 Å². The first kappa shape index (κ1) is 22.4. The van der Waals surface area contributed by atoms with Crippen molar-refractivity contribution < 1.29 is 24.2 Å². The van der Waals surface area contributed by atoms with Crippen LogP contribution in [0.25, 0.3) is 5.76 Å². The van der Waals surface area contributed by atoms with Gasteiger partial charge in [-0.2, -0.15) is 0 Å². The molecule has 1 saturated heterocycles. The molecule has 4 rings (SSSR count). The SMILES string of the molecule is COc1ccc(C2/C(=C(/O)c3ccccc3)C(=O)C(=O)N2c2ccc(C)c(Cl)c2)c(OC)c1. The molecule has 0 saturated carbocycles. The average molecular weight is 464 g/mol. The van der Waals surface area contributed by atoms with E-state index in [1.807, 2.05) is 6.92 Å². The Morgan fingerprint density at radius 3 is 2.33 bits per heavy atom. The number of carbonyl (C=O) groups excluding carboxylic acids is 2. The standard InChI is InChI=1S/C26H22ClNO5/c1-15-9-10-17(13-20(15)27)28-23(19-12-11-18(32-2)14-21(19)33-3)22(25(30)26(28)31)24(29)16-7-5-4-6-8-16/h4-14,23,29H,1-3H3/b24-22-. The van der Waals surface area contributed by atoms with Gasteiger partial charge in [-0.05, 0) is 36.8 Å². The fraction of sp³-hybridized carbons (Fsp3) is 0.154. The second kappa shape index (κ2) is 9.00. The predicted octanol–water partition coefficient (Wildman–Crippen LogP) is 5.29. The zero-order chi connectivity index (χ0) is 23.7. The van der Waals surface area contributed by atoms with Crippen molar-refractivity contribution in [3.05, 3.63) is 94.0 Å². The number of amides is 1. The summed E-state index contributed by atoms with van der Waals surface area (Å²) in [5.74, 6) is -0.874. The zero-order valence-corrected chi connectivity index (χ0v) is 19.1. The number of Topliss-reactive ketones (excluding diaryl/α,β-unsaturated/α-hetero) is 1. The molecule has 1 fully saturated rings. The molecule has 0 radical (unpaired) electrons. The van der Waals surface area contributed by atoms with Gasteiger partial charge in [-0.25, -0.2) is 0 Å². The number of carbonyl (C=O) groups is 2. The fourth-order valence-electron chi connectivity index (χ4n) is 3.92. The van der Waals surface area contributed by atoms with E-state index in [2.05, 4.69) is 0 Å². The number of anilines is 1. The number of halogens is 1. The number of aliphatic hydroxyl groups excluding tert-OH is 1. The number of rotatable bonds is 5. The smallest absolute Gasteiger partial charge is 0.300 e. The lowest BCUT2D eigenvalue weighted by molar-refractivity contribution is -0.132. The third-order valence-corrected chi connectivity index (χ3v) is 6.07. The Balaban J connectivity index is 2.00. The third kappa shape index (κ3) is 3.94. The number of hydrogen-bond acceptors (Lipinski definition) is 5. The third-order valence-electron chi connectivity index (χ3n) is 5.66. The molecule has 1 unspecified atom stereocenters. The van der Waals surface area contributed by atoms with Crippen molar-refractivity contribution in [2.45, 2.75) is 13.0 Å². The van der Waals surface area contributed by atoms with Gasteiger partial charge in [0.05, 0.1) is 25.8 Å². The van der Waals surface area contributed by atoms with Gasteiger partial charge in [0, 0.05) is 27.9 Å². The lowest BCUT2D eigenvalue weighted by atomic mass is 9.94. The summed E-state index contributed by atoms with van der Waals surface area (Å²) in [5.41, 5.74) is 2.18. The molecule has 0 aromatic heterocycles. The van der Waals surface area contributed by atoms with E-state index in [0.717, 1.165) is 5.56 Å². The van der Waals surface area contributed by atoms with Gasteiger partial charge in [0.1, 0.15) is 17.3 Å². The molecular weight excluding hydrogens is 442 g/mol. The summed E-state index contributed by atoms with van der Waals surface area (Å²) in [6.45, 7) is 1.85. The molecule has 1 heterocycles. The van der Waals surface area contributed by atoms with E-state index in [1.165, 1.54) is 19.1 Å². The molecule has 3 aromatic rings. The molecule has 1 N–H and O–H groups in total. The highest BCUT2D eigenvalue weighted by Gasteiger charge is 2.48. The molecule has 0 aliphatic carbocycles. The summed E-state index contributed by atoms with van der Waals surface area (Å²) in [4.78, 5) is 27.9. The summed E-state index contributed by atoms with van der Waals surface area (Å²) >= 11 is 6.34. The molecule has 168 valence electrons. The van der Waals surface area contributed by atoms with Gasteiger partial charge < -0.3 is 14.6 Å². The maximum atomic E-state index is 13.3. The predicted molar refractivity (Wildman–Crippen MR) is 127 cm³/mol. The van der Waals surface area contributed by atoms with Crippen LogP contribution in [-0.2, 0) is 9.59 Å². The molecular formula is C26H22ClNO5. The number of nitrogens with zero attached hydrogens (tertiary/aromatic N) is 1. The summed E-state index contributed by atoms with van der Waals surface area (Å²) < 4.78 is 10.9. The van der Waals surface area contributed by atoms with Crippen molar-refractivity contribution in [1.29, 1.82) is 0 Å². The van der Waals surface area contributed by atoms with E-state index in [0.29, 0.717) is 33.3 Å². The fourth-order valence-corrected chi connectivity index (χ4v) is 4.10. The number of ketones is 1. The first-order valence-electron chi connectivity index (χ1n) is 10.2. The van der Waals surface area contributed by atoms with Crippen LogP contribution in [0.1, 0.15) is 22.7 Å². The Morgan fingerprint density at radius 2 is 1.70 bits per heavy atom. The Labute approximate surface area is 196 Å². The first-order chi connectivity index (χ1) is 15.9. The normalized spacial score (nSPS) is 17.3. The van der Waals surface area contributed by atoms with E-state index < -0.39 is 17.7 Å². The maximum Gasteiger partial charge on any atom is 0.300 e. The summed E-state index contributed by atoms with van der Waals surface area (Å²) in [6.07, 6.45) is 0. The van der Waals surface area contributed by atoms with Gasteiger partial charge in [0.15, 0.2) is 0 Å². The van der Waals surface area contributed by atoms with Gasteiger partial charge in [0.2, 0.25) is 0 Å². The van der Waals surface area contributed by atoms with Crippen molar-refractivity contribution in [1.82, 2.24) is 0 Å². The average Bonchev–Trinajstić information content (AvgIpc) is 3.10. The van der Waals surface area contributed by atoms with Crippen LogP contribution in [0.3, 0.4) is 0 Å². The van der Waals surface area contributed by atoms with Crippen molar-refractivity contribution >= 4 is 34.7 Å². The molecule has 1 aliphatic rings. The Morgan fingerprint density at radius 1 is 0.970 bits per heavy atom. The summed E-state index contributed by atoms with van der Waals surface area (Å²) in [6, 6.07) is 17.9. The molecule has 1 atom stereocenters. The van der Waals surface area contributed by atoms with Crippen LogP contribution in [0.2, 0.25) is 5.02 Å². The van der Waals surface area contributed by atoms with E-state index in [4.69, 9.17) is 21.1 Å². The highest BCUT2D eigenvalue weighted by molar-refractivity contribution is 6.52. The topological polar surface area (TPSA) is 76.1 Å².